The van der Waals surface area contributed by atoms with Crippen LogP contribution in [0.2, 0.25) is 0 Å². The molecule has 3 aromatic carbocycles. The molecule has 39 heavy (non-hydrogen) atoms. The van der Waals surface area contributed by atoms with Crippen LogP contribution in [0.25, 0.3) is 0 Å². The Hall–Kier alpha value is -4.79. The Bertz CT molecular complexity index is 1460. The normalized spacial score (nSPS) is 11.4. The van der Waals surface area contributed by atoms with E-state index < -0.39 is 6.04 Å². The molecule has 4 N–H and O–H groups in total. The van der Waals surface area contributed by atoms with E-state index in [2.05, 4.69) is 48.4 Å². The first-order valence-electron chi connectivity index (χ1n) is 12.7. The van der Waals surface area contributed by atoms with Crippen LogP contribution in [0.15, 0.2) is 60.7 Å². The Kier molecular flexibility index (Phi) is 8.19. The summed E-state index contributed by atoms with van der Waals surface area (Å²) in [6, 6.07) is 18.3. The monoisotopic (exact) mass is 523 g/mol. The average molecular weight is 524 g/mol. The van der Waals surface area contributed by atoms with E-state index in [0.717, 1.165) is 33.6 Å². The number of rotatable bonds is 9. The molecule has 0 radical (unpaired) electrons. The number of carbonyl (C=O) groups is 2. The third-order valence-electron chi connectivity index (χ3n) is 6.17. The van der Waals surface area contributed by atoms with Crippen molar-refractivity contribution in [3.63, 3.8) is 0 Å². The summed E-state index contributed by atoms with van der Waals surface area (Å²) in [5, 5.41) is 12.5. The third-order valence-corrected chi connectivity index (χ3v) is 6.17. The molecular weight excluding hydrogens is 490 g/mol. The van der Waals surface area contributed by atoms with E-state index in [9.17, 15) is 9.59 Å². The maximum atomic E-state index is 12.9. The summed E-state index contributed by atoms with van der Waals surface area (Å²) in [4.78, 5) is 38.3. The highest BCUT2D eigenvalue weighted by Crippen LogP contribution is 2.24. The maximum absolute atomic E-state index is 12.9. The molecule has 1 atom stereocenters. The lowest BCUT2D eigenvalue weighted by atomic mass is 10.1. The lowest BCUT2D eigenvalue weighted by Crippen LogP contribution is -2.32. The summed E-state index contributed by atoms with van der Waals surface area (Å²) in [5.41, 5.74) is 7.20. The minimum atomic E-state index is -0.684. The van der Waals surface area contributed by atoms with Gasteiger partial charge in [-0.1, -0.05) is 47.5 Å². The Morgan fingerprint density at radius 3 is 1.77 bits per heavy atom. The molecule has 1 heterocycles. The molecule has 0 fully saturated rings. The van der Waals surface area contributed by atoms with Crippen LogP contribution in [0.3, 0.4) is 0 Å². The van der Waals surface area contributed by atoms with Crippen LogP contribution in [-0.2, 0) is 4.79 Å². The molecule has 0 aliphatic heterocycles. The zero-order chi connectivity index (χ0) is 28.1. The van der Waals surface area contributed by atoms with Gasteiger partial charge in [-0.2, -0.15) is 15.0 Å². The van der Waals surface area contributed by atoms with Crippen LogP contribution in [0.1, 0.15) is 46.5 Å². The first-order chi connectivity index (χ1) is 18.6. The summed E-state index contributed by atoms with van der Waals surface area (Å²) in [7, 11) is 0. The molecule has 0 saturated heterocycles. The summed E-state index contributed by atoms with van der Waals surface area (Å²) >= 11 is 0. The molecule has 0 saturated carbocycles. The van der Waals surface area contributed by atoms with Gasteiger partial charge in [0.05, 0.1) is 0 Å². The van der Waals surface area contributed by atoms with Crippen molar-refractivity contribution in [2.24, 2.45) is 0 Å². The number of anilines is 6. The van der Waals surface area contributed by atoms with Crippen molar-refractivity contribution in [3.05, 3.63) is 88.5 Å². The van der Waals surface area contributed by atoms with Crippen molar-refractivity contribution < 1.29 is 9.59 Å². The van der Waals surface area contributed by atoms with Crippen LogP contribution in [0.4, 0.5) is 34.9 Å². The molecule has 1 aromatic heterocycles. The Morgan fingerprint density at radius 2 is 1.26 bits per heavy atom. The van der Waals surface area contributed by atoms with Gasteiger partial charge in [-0.15, -0.1) is 0 Å². The number of hydrogen-bond donors (Lipinski definition) is 4. The predicted octanol–water partition coefficient (Wildman–Crippen LogP) is 6.23. The minimum absolute atomic E-state index is 0.0739. The molecule has 9 heteroatoms. The fourth-order valence-electron chi connectivity index (χ4n) is 4.03. The topological polar surface area (TPSA) is 121 Å². The second kappa shape index (κ2) is 11.7. The number of amides is 1. The first kappa shape index (κ1) is 27.3. The van der Waals surface area contributed by atoms with E-state index in [1.54, 1.807) is 31.2 Å². The van der Waals surface area contributed by atoms with Gasteiger partial charge in [0.25, 0.3) is 0 Å². The van der Waals surface area contributed by atoms with Crippen LogP contribution in [0.5, 0.6) is 0 Å². The van der Waals surface area contributed by atoms with Gasteiger partial charge in [-0.05, 0) is 76.9 Å². The minimum Gasteiger partial charge on any atom is -0.342 e. The van der Waals surface area contributed by atoms with E-state index in [4.69, 9.17) is 0 Å². The van der Waals surface area contributed by atoms with E-state index in [1.165, 1.54) is 6.92 Å². The molecule has 0 bridgehead atoms. The average Bonchev–Trinajstić information content (AvgIpc) is 2.87. The number of benzene rings is 3. The summed E-state index contributed by atoms with van der Waals surface area (Å²) in [5.74, 6) is 0.505. The van der Waals surface area contributed by atoms with Crippen molar-refractivity contribution in [1.82, 2.24) is 15.0 Å². The summed E-state index contributed by atoms with van der Waals surface area (Å²) < 4.78 is 0. The zero-order valence-electron chi connectivity index (χ0n) is 23.0. The van der Waals surface area contributed by atoms with Crippen molar-refractivity contribution in [2.75, 3.05) is 21.3 Å². The molecule has 200 valence electrons. The van der Waals surface area contributed by atoms with Crippen LogP contribution in [0, 0.1) is 27.7 Å². The second-order valence-corrected chi connectivity index (χ2v) is 9.69. The number of aromatic nitrogens is 3. The van der Waals surface area contributed by atoms with Crippen molar-refractivity contribution in [1.29, 1.82) is 0 Å². The Labute approximate surface area is 228 Å². The Morgan fingerprint density at radius 1 is 0.718 bits per heavy atom. The van der Waals surface area contributed by atoms with Gasteiger partial charge in [-0.25, -0.2) is 0 Å². The van der Waals surface area contributed by atoms with Crippen molar-refractivity contribution >= 4 is 46.6 Å². The zero-order valence-corrected chi connectivity index (χ0v) is 23.0. The van der Waals surface area contributed by atoms with Gasteiger partial charge in [0.1, 0.15) is 6.04 Å². The van der Waals surface area contributed by atoms with E-state index in [1.807, 2.05) is 52.0 Å². The largest absolute Gasteiger partial charge is 0.342 e. The molecule has 0 aliphatic carbocycles. The molecule has 0 spiro atoms. The van der Waals surface area contributed by atoms with Gasteiger partial charge in [0.15, 0.2) is 5.78 Å². The molecule has 0 aliphatic rings. The number of hydrogen-bond acceptors (Lipinski definition) is 8. The molecule has 9 nitrogen and oxygen atoms in total. The molecule has 4 rings (SSSR count). The second-order valence-electron chi connectivity index (χ2n) is 9.69. The molecular formula is C30H33N7O2. The standard InChI is InChI=1S/C30H33N7O2/c1-17-10-12-25(19(3)14-17)33-29-35-28(36-30(37-29)34-26-13-11-18(2)15-20(26)4)31-21(5)27(39)32-24-9-7-8-23(16-24)22(6)38/h7-16,21H,1-6H3,(H,32,39)(H3,31,33,34,35,36,37). The van der Waals surface area contributed by atoms with Crippen molar-refractivity contribution in [2.45, 2.75) is 47.6 Å². The smallest absolute Gasteiger partial charge is 0.246 e. The first-order valence-corrected chi connectivity index (χ1v) is 12.7. The maximum Gasteiger partial charge on any atom is 0.246 e. The van der Waals surface area contributed by atoms with E-state index >= 15 is 0 Å². The predicted molar refractivity (Wildman–Crippen MR) is 156 cm³/mol. The third kappa shape index (κ3) is 7.16. The van der Waals surface area contributed by atoms with E-state index in [-0.39, 0.29) is 17.6 Å². The highest BCUT2D eigenvalue weighted by molar-refractivity contribution is 5.99. The number of carbonyl (C=O) groups excluding carboxylic acids is 2. The number of nitrogens with zero attached hydrogens (tertiary/aromatic N) is 3. The molecule has 4 aromatic rings. The number of aryl methyl sites for hydroxylation is 4. The van der Waals surface area contributed by atoms with Gasteiger partial charge in [0.2, 0.25) is 23.8 Å². The van der Waals surface area contributed by atoms with Crippen LogP contribution < -0.4 is 21.3 Å². The molecule has 1 unspecified atom stereocenters. The van der Waals surface area contributed by atoms with Crippen molar-refractivity contribution in [3.8, 4) is 0 Å². The van der Waals surface area contributed by atoms with Gasteiger partial charge in [-0.3, -0.25) is 9.59 Å². The highest BCUT2D eigenvalue weighted by Gasteiger charge is 2.17. The number of ketones is 1. The molecule has 1 amide bonds. The SMILES string of the molecule is CC(=O)c1cccc(NC(=O)C(C)Nc2nc(Nc3ccc(C)cc3C)nc(Nc3ccc(C)cc3C)n2)c1. The number of Topliss-reactive ketones (excluding diaryl/α,β-unsaturated/α-hetero) is 1. The lowest BCUT2D eigenvalue weighted by molar-refractivity contribution is -0.116. The lowest BCUT2D eigenvalue weighted by Gasteiger charge is -2.17. The van der Waals surface area contributed by atoms with Crippen LogP contribution in [-0.4, -0.2) is 32.7 Å². The van der Waals surface area contributed by atoms with Gasteiger partial charge >= 0.3 is 0 Å². The fraction of sp³-hybridized carbons (Fsp3) is 0.233. The van der Waals surface area contributed by atoms with E-state index in [0.29, 0.717) is 23.1 Å². The number of nitrogens with one attached hydrogen (secondary N) is 4. The quantitative estimate of drug-likeness (QED) is 0.190. The highest BCUT2D eigenvalue weighted by atomic mass is 16.2. The van der Waals surface area contributed by atoms with Crippen LogP contribution >= 0.6 is 0 Å². The fourth-order valence-corrected chi connectivity index (χ4v) is 4.03. The summed E-state index contributed by atoms with van der Waals surface area (Å²) in [6.45, 7) is 11.3. The Balaban J connectivity index is 1.59. The van der Waals surface area contributed by atoms with Gasteiger partial charge < -0.3 is 21.3 Å². The summed E-state index contributed by atoms with van der Waals surface area (Å²) in [6.07, 6.45) is 0. The van der Waals surface area contributed by atoms with Gasteiger partial charge in [0, 0.05) is 22.6 Å².